The molecule has 2 N–H and O–H groups in total. The highest BCUT2D eigenvalue weighted by atomic mass is 35.5. The van der Waals surface area contributed by atoms with Crippen LogP contribution in [0.4, 0.5) is 0 Å². The standard InChI is InChI=1S/C14H18Cl2N4O/c1-19(2)8-20-7-6-18-14(20)12(17)11-9(15)4-5-10(16)13(11)21-3/h4-7,12H,8,17H2,1-3H3. The highest BCUT2D eigenvalue weighted by Crippen LogP contribution is 2.38. The van der Waals surface area contributed by atoms with Gasteiger partial charge in [0.2, 0.25) is 0 Å². The Labute approximate surface area is 134 Å². The van der Waals surface area contributed by atoms with E-state index < -0.39 is 6.04 Å². The lowest BCUT2D eigenvalue weighted by Gasteiger charge is -2.20. The Morgan fingerprint density at radius 3 is 2.62 bits per heavy atom. The molecule has 114 valence electrons. The number of benzene rings is 1. The fourth-order valence-electron chi connectivity index (χ4n) is 2.20. The van der Waals surface area contributed by atoms with Crippen molar-refractivity contribution in [3.63, 3.8) is 0 Å². The van der Waals surface area contributed by atoms with Crippen molar-refractivity contribution in [2.45, 2.75) is 12.7 Å². The number of nitrogens with zero attached hydrogens (tertiary/aromatic N) is 3. The van der Waals surface area contributed by atoms with Crippen LogP contribution in [0.2, 0.25) is 10.0 Å². The minimum atomic E-state index is -0.527. The van der Waals surface area contributed by atoms with Gasteiger partial charge in [0.1, 0.15) is 11.6 Å². The maximum atomic E-state index is 6.36. The molecule has 0 fully saturated rings. The van der Waals surface area contributed by atoms with Crippen LogP contribution >= 0.6 is 23.2 Å². The maximum absolute atomic E-state index is 6.36. The van der Waals surface area contributed by atoms with E-state index in [1.807, 2.05) is 29.8 Å². The van der Waals surface area contributed by atoms with E-state index in [4.69, 9.17) is 33.7 Å². The van der Waals surface area contributed by atoms with Gasteiger partial charge in [-0.1, -0.05) is 23.2 Å². The van der Waals surface area contributed by atoms with Crippen molar-refractivity contribution in [1.29, 1.82) is 0 Å². The second-order valence-corrected chi connectivity index (χ2v) is 5.74. The number of imidazole rings is 1. The first-order valence-corrected chi connectivity index (χ1v) is 7.14. The number of nitrogens with two attached hydrogens (primary N) is 1. The van der Waals surface area contributed by atoms with Gasteiger partial charge in [-0.25, -0.2) is 4.98 Å². The normalized spacial score (nSPS) is 12.7. The van der Waals surface area contributed by atoms with Gasteiger partial charge in [0.15, 0.2) is 0 Å². The topological polar surface area (TPSA) is 56.3 Å². The highest BCUT2D eigenvalue weighted by Gasteiger charge is 2.23. The zero-order valence-corrected chi connectivity index (χ0v) is 13.7. The van der Waals surface area contributed by atoms with E-state index >= 15 is 0 Å². The van der Waals surface area contributed by atoms with Crippen LogP contribution in [-0.2, 0) is 6.67 Å². The number of aromatic nitrogens is 2. The summed E-state index contributed by atoms with van der Waals surface area (Å²) in [7, 11) is 5.49. The molecule has 1 aromatic carbocycles. The van der Waals surface area contributed by atoms with Gasteiger partial charge in [-0.2, -0.15) is 0 Å². The Hall–Kier alpha value is -1.27. The summed E-state index contributed by atoms with van der Waals surface area (Å²) in [5, 5.41) is 0.973. The first-order valence-electron chi connectivity index (χ1n) is 6.39. The lowest BCUT2D eigenvalue weighted by atomic mass is 10.1. The van der Waals surface area contributed by atoms with Gasteiger partial charge in [-0.15, -0.1) is 0 Å². The van der Waals surface area contributed by atoms with Gasteiger partial charge in [-0.3, -0.25) is 4.90 Å². The molecular weight excluding hydrogens is 311 g/mol. The van der Waals surface area contributed by atoms with Crippen molar-refractivity contribution < 1.29 is 4.74 Å². The molecule has 0 spiro atoms. The molecule has 0 saturated carbocycles. The minimum absolute atomic E-state index is 0.470. The fraction of sp³-hybridized carbons (Fsp3) is 0.357. The van der Waals surface area contributed by atoms with Crippen LogP contribution in [0.3, 0.4) is 0 Å². The number of rotatable bonds is 5. The van der Waals surface area contributed by atoms with Crippen LogP contribution < -0.4 is 10.5 Å². The molecule has 0 aliphatic heterocycles. The minimum Gasteiger partial charge on any atom is -0.495 e. The van der Waals surface area contributed by atoms with Crippen molar-refractivity contribution in [2.75, 3.05) is 21.2 Å². The molecule has 21 heavy (non-hydrogen) atoms. The number of hydrogen-bond acceptors (Lipinski definition) is 4. The van der Waals surface area contributed by atoms with Crippen LogP contribution in [0.15, 0.2) is 24.5 Å². The summed E-state index contributed by atoms with van der Waals surface area (Å²) in [6.07, 6.45) is 3.59. The summed E-state index contributed by atoms with van der Waals surface area (Å²) < 4.78 is 7.31. The lowest BCUT2D eigenvalue weighted by Crippen LogP contribution is -2.23. The fourth-order valence-corrected chi connectivity index (χ4v) is 2.71. The van der Waals surface area contributed by atoms with Crippen LogP contribution in [0.25, 0.3) is 0 Å². The molecule has 1 atom stereocenters. The van der Waals surface area contributed by atoms with Crippen LogP contribution in [-0.4, -0.2) is 35.7 Å². The lowest BCUT2D eigenvalue weighted by molar-refractivity contribution is 0.318. The number of ether oxygens (including phenoxy) is 1. The Balaban J connectivity index is 2.48. The molecule has 1 aromatic heterocycles. The summed E-state index contributed by atoms with van der Waals surface area (Å²) in [5.74, 6) is 1.18. The Morgan fingerprint density at radius 2 is 2.00 bits per heavy atom. The van der Waals surface area contributed by atoms with E-state index in [1.165, 1.54) is 0 Å². The molecule has 0 aliphatic carbocycles. The van der Waals surface area contributed by atoms with Crippen molar-refractivity contribution in [1.82, 2.24) is 14.5 Å². The average Bonchev–Trinajstić information content (AvgIpc) is 2.87. The molecule has 0 radical (unpaired) electrons. The summed E-state index contributed by atoms with van der Waals surface area (Å²) in [5.41, 5.74) is 7.00. The smallest absolute Gasteiger partial charge is 0.144 e. The van der Waals surface area contributed by atoms with E-state index in [-0.39, 0.29) is 0 Å². The van der Waals surface area contributed by atoms with Crippen LogP contribution in [0.1, 0.15) is 17.4 Å². The number of methoxy groups -OCH3 is 1. The first-order chi connectivity index (χ1) is 9.95. The second-order valence-electron chi connectivity index (χ2n) is 4.93. The largest absolute Gasteiger partial charge is 0.495 e. The van der Waals surface area contributed by atoms with Crippen LogP contribution in [0.5, 0.6) is 5.75 Å². The molecular formula is C14H18Cl2N4O. The van der Waals surface area contributed by atoms with Gasteiger partial charge in [-0.05, 0) is 26.2 Å². The second kappa shape index (κ2) is 6.66. The predicted molar refractivity (Wildman–Crippen MR) is 85.0 cm³/mol. The quantitative estimate of drug-likeness (QED) is 0.916. The predicted octanol–water partition coefficient (Wildman–Crippen LogP) is 2.77. The van der Waals surface area contributed by atoms with Crippen molar-refractivity contribution >= 4 is 23.2 Å². The van der Waals surface area contributed by atoms with Crippen molar-refractivity contribution in [3.8, 4) is 5.75 Å². The molecule has 0 aliphatic rings. The summed E-state index contributed by atoms with van der Waals surface area (Å²) >= 11 is 12.4. The van der Waals surface area contributed by atoms with Gasteiger partial charge >= 0.3 is 0 Å². The van der Waals surface area contributed by atoms with E-state index in [0.717, 1.165) is 0 Å². The SMILES string of the molecule is COc1c(Cl)ccc(Cl)c1C(N)c1nccn1CN(C)C. The third kappa shape index (κ3) is 3.32. The number of halogens is 2. The zero-order valence-electron chi connectivity index (χ0n) is 12.2. The first kappa shape index (κ1) is 16.1. The van der Waals surface area contributed by atoms with Gasteiger partial charge in [0.05, 0.1) is 24.8 Å². The highest BCUT2D eigenvalue weighted by molar-refractivity contribution is 6.35. The van der Waals surface area contributed by atoms with E-state index in [1.54, 1.807) is 25.4 Å². The number of hydrogen-bond donors (Lipinski definition) is 1. The Morgan fingerprint density at radius 1 is 1.33 bits per heavy atom. The summed E-state index contributed by atoms with van der Waals surface area (Å²) in [6.45, 7) is 0.670. The summed E-state index contributed by atoms with van der Waals surface area (Å²) in [4.78, 5) is 6.37. The average molecular weight is 329 g/mol. The van der Waals surface area contributed by atoms with Crippen LogP contribution in [0, 0.1) is 0 Å². The third-order valence-electron chi connectivity index (χ3n) is 3.07. The molecule has 7 heteroatoms. The van der Waals surface area contributed by atoms with E-state index in [2.05, 4.69) is 4.98 Å². The zero-order chi connectivity index (χ0) is 15.6. The summed E-state index contributed by atoms with van der Waals surface area (Å²) in [6, 6.07) is 2.87. The molecule has 0 amide bonds. The maximum Gasteiger partial charge on any atom is 0.144 e. The molecule has 2 rings (SSSR count). The van der Waals surface area contributed by atoms with Gasteiger partial charge in [0, 0.05) is 23.0 Å². The third-order valence-corrected chi connectivity index (χ3v) is 3.70. The molecule has 2 aromatic rings. The van der Waals surface area contributed by atoms with Crippen molar-refractivity contribution in [2.24, 2.45) is 5.73 Å². The van der Waals surface area contributed by atoms with Gasteiger partial charge in [0.25, 0.3) is 0 Å². The van der Waals surface area contributed by atoms with E-state index in [0.29, 0.717) is 33.9 Å². The molecule has 1 heterocycles. The Bertz CT molecular complexity index is 627. The molecule has 0 saturated heterocycles. The molecule has 0 bridgehead atoms. The van der Waals surface area contributed by atoms with Crippen molar-refractivity contribution in [3.05, 3.63) is 46.0 Å². The van der Waals surface area contributed by atoms with E-state index in [9.17, 15) is 0 Å². The van der Waals surface area contributed by atoms with Gasteiger partial charge < -0.3 is 15.0 Å². The molecule has 1 unspecified atom stereocenters. The monoisotopic (exact) mass is 328 g/mol. The Kier molecular flexibility index (Phi) is 5.11. The molecule has 5 nitrogen and oxygen atoms in total.